The summed E-state index contributed by atoms with van der Waals surface area (Å²) in [5.41, 5.74) is 1.49. The SMILES string of the molecule is N#Cc1ccc(N2CCN(C(=O)c3cc(Cc4n[nH]c(=O)c5ccc(S)cc45)ccc3F)CC2)nc1. The number of benzene rings is 2. The Morgan fingerprint density at radius 1 is 1.08 bits per heavy atom. The van der Waals surface area contributed by atoms with Gasteiger partial charge in [0.1, 0.15) is 17.7 Å². The normalized spacial score (nSPS) is 13.6. The van der Waals surface area contributed by atoms with E-state index in [1.807, 2.05) is 11.0 Å². The minimum atomic E-state index is -0.586. The summed E-state index contributed by atoms with van der Waals surface area (Å²) in [4.78, 5) is 34.0. The number of carbonyl (C=O) groups excluding carboxylic acids is 1. The number of anilines is 1. The summed E-state index contributed by atoms with van der Waals surface area (Å²) in [5, 5.41) is 16.8. The van der Waals surface area contributed by atoms with E-state index < -0.39 is 5.82 Å². The summed E-state index contributed by atoms with van der Waals surface area (Å²) in [7, 11) is 0. The van der Waals surface area contributed by atoms with E-state index in [0.717, 1.165) is 5.82 Å². The molecule has 5 rings (SSSR count). The molecular formula is C26H21FN6O2S. The second-order valence-electron chi connectivity index (χ2n) is 8.52. The Labute approximate surface area is 211 Å². The minimum absolute atomic E-state index is 0.000984. The molecule has 0 atom stereocenters. The second-order valence-corrected chi connectivity index (χ2v) is 9.03. The number of aromatic amines is 1. The lowest BCUT2D eigenvalue weighted by molar-refractivity contribution is 0.0741. The van der Waals surface area contributed by atoms with Crippen molar-refractivity contribution in [3.8, 4) is 6.07 Å². The topological polar surface area (TPSA) is 106 Å². The van der Waals surface area contributed by atoms with Gasteiger partial charge in [0.25, 0.3) is 11.5 Å². The van der Waals surface area contributed by atoms with E-state index in [4.69, 9.17) is 5.26 Å². The van der Waals surface area contributed by atoms with E-state index in [0.29, 0.717) is 65.1 Å². The number of halogens is 1. The highest BCUT2D eigenvalue weighted by Gasteiger charge is 2.25. The van der Waals surface area contributed by atoms with E-state index in [-0.39, 0.29) is 17.0 Å². The molecule has 2 aromatic heterocycles. The predicted octanol–water partition coefficient (Wildman–Crippen LogP) is 3.17. The highest BCUT2D eigenvalue weighted by molar-refractivity contribution is 7.80. The number of nitriles is 1. The maximum Gasteiger partial charge on any atom is 0.272 e. The molecular weight excluding hydrogens is 479 g/mol. The molecule has 8 nitrogen and oxygen atoms in total. The molecule has 0 bridgehead atoms. The van der Waals surface area contributed by atoms with Crippen molar-refractivity contribution in [1.82, 2.24) is 20.1 Å². The van der Waals surface area contributed by atoms with Crippen molar-refractivity contribution >= 4 is 35.1 Å². The number of aromatic nitrogens is 3. The predicted molar refractivity (Wildman–Crippen MR) is 136 cm³/mol. The average Bonchev–Trinajstić information content (AvgIpc) is 2.91. The van der Waals surface area contributed by atoms with Gasteiger partial charge in [-0.15, -0.1) is 12.6 Å². The number of rotatable bonds is 4. The molecule has 1 aliphatic rings. The fourth-order valence-electron chi connectivity index (χ4n) is 4.33. The Morgan fingerprint density at radius 2 is 1.89 bits per heavy atom. The first-order chi connectivity index (χ1) is 17.4. The quantitative estimate of drug-likeness (QED) is 0.417. The Hall–Kier alpha value is -4.23. The molecule has 0 spiro atoms. The van der Waals surface area contributed by atoms with E-state index >= 15 is 0 Å². The number of H-pyrrole nitrogens is 1. The molecule has 0 unspecified atom stereocenters. The first-order valence-corrected chi connectivity index (χ1v) is 11.8. The van der Waals surface area contributed by atoms with Crippen LogP contribution in [0.25, 0.3) is 10.8 Å². The molecule has 3 heterocycles. The van der Waals surface area contributed by atoms with Crippen LogP contribution in [-0.2, 0) is 6.42 Å². The summed E-state index contributed by atoms with van der Waals surface area (Å²) in [6, 6.07) is 15.2. The van der Waals surface area contributed by atoms with Gasteiger partial charge in [0.15, 0.2) is 0 Å². The van der Waals surface area contributed by atoms with Crippen LogP contribution in [0.3, 0.4) is 0 Å². The fourth-order valence-corrected chi connectivity index (χ4v) is 4.53. The average molecular weight is 501 g/mol. The lowest BCUT2D eigenvalue weighted by Crippen LogP contribution is -2.49. The lowest BCUT2D eigenvalue weighted by Gasteiger charge is -2.35. The summed E-state index contributed by atoms with van der Waals surface area (Å²) in [6.07, 6.45) is 1.83. The van der Waals surface area contributed by atoms with Gasteiger partial charge in [-0.05, 0) is 48.0 Å². The van der Waals surface area contributed by atoms with Crippen molar-refractivity contribution in [2.45, 2.75) is 11.3 Å². The Kier molecular flexibility index (Phi) is 6.40. The van der Waals surface area contributed by atoms with Crippen LogP contribution in [0.15, 0.2) is 64.4 Å². The molecule has 1 saturated heterocycles. The molecule has 180 valence electrons. The molecule has 0 radical (unpaired) electrons. The van der Waals surface area contributed by atoms with Crippen LogP contribution >= 0.6 is 12.6 Å². The van der Waals surface area contributed by atoms with Crippen molar-refractivity contribution in [3.05, 3.63) is 93.3 Å². The maximum atomic E-state index is 14.7. The molecule has 10 heteroatoms. The molecule has 0 saturated carbocycles. The zero-order valence-electron chi connectivity index (χ0n) is 19.1. The number of amides is 1. The standard InChI is InChI=1S/C26H21FN6O2S/c27-22-5-1-16(12-23-20-13-18(36)3-4-19(20)25(34)31-30-23)11-21(22)26(35)33-9-7-32(8-10-33)24-6-2-17(14-28)15-29-24/h1-6,11,13,15,36H,7-10,12H2,(H,31,34). The molecule has 4 aromatic rings. The van der Waals surface area contributed by atoms with Gasteiger partial charge >= 0.3 is 0 Å². The third-order valence-electron chi connectivity index (χ3n) is 6.25. The molecule has 2 aromatic carbocycles. The van der Waals surface area contributed by atoms with E-state index in [1.165, 1.54) is 12.3 Å². The van der Waals surface area contributed by atoms with Gasteiger partial charge in [-0.25, -0.2) is 14.5 Å². The van der Waals surface area contributed by atoms with Gasteiger partial charge in [-0.1, -0.05) is 6.07 Å². The second kappa shape index (κ2) is 9.79. The summed E-state index contributed by atoms with van der Waals surface area (Å²) < 4.78 is 14.7. The van der Waals surface area contributed by atoms with Crippen LogP contribution < -0.4 is 10.5 Å². The smallest absolute Gasteiger partial charge is 0.272 e. The molecule has 1 amide bonds. The number of nitrogens with one attached hydrogen (secondary N) is 1. The number of thiol groups is 1. The van der Waals surface area contributed by atoms with Crippen molar-refractivity contribution < 1.29 is 9.18 Å². The van der Waals surface area contributed by atoms with Crippen LogP contribution in [-0.4, -0.2) is 52.2 Å². The van der Waals surface area contributed by atoms with Gasteiger partial charge in [-0.2, -0.15) is 10.4 Å². The first-order valence-electron chi connectivity index (χ1n) is 11.3. The largest absolute Gasteiger partial charge is 0.353 e. The number of fused-ring (bicyclic) bond motifs is 1. The molecule has 1 aliphatic heterocycles. The minimum Gasteiger partial charge on any atom is -0.353 e. The van der Waals surface area contributed by atoms with Crippen LogP contribution in [0, 0.1) is 17.1 Å². The van der Waals surface area contributed by atoms with Crippen LogP contribution in [0.4, 0.5) is 10.2 Å². The lowest BCUT2D eigenvalue weighted by atomic mass is 10.0. The van der Waals surface area contributed by atoms with Crippen molar-refractivity contribution in [3.63, 3.8) is 0 Å². The van der Waals surface area contributed by atoms with Gasteiger partial charge in [0.05, 0.1) is 22.2 Å². The van der Waals surface area contributed by atoms with E-state index in [2.05, 4.69) is 27.8 Å². The molecule has 1 fully saturated rings. The molecule has 36 heavy (non-hydrogen) atoms. The van der Waals surface area contributed by atoms with Gasteiger partial charge < -0.3 is 9.80 Å². The van der Waals surface area contributed by atoms with Crippen LogP contribution in [0.2, 0.25) is 0 Å². The van der Waals surface area contributed by atoms with Crippen molar-refractivity contribution in [2.24, 2.45) is 0 Å². The Morgan fingerprint density at radius 3 is 2.61 bits per heavy atom. The third-order valence-corrected chi connectivity index (χ3v) is 6.53. The maximum absolute atomic E-state index is 14.7. The van der Waals surface area contributed by atoms with Crippen molar-refractivity contribution in [1.29, 1.82) is 5.26 Å². The third kappa shape index (κ3) is 4.65. The first kappa shape index (κ1) is 23.5. The number of carbonyl (C=O) groups is 1. The number of pyridine rings is 1. The highest BCUT2D eigenvalue weighted by atomic mass is 32.1. The van der Waals surface area contributed by atoms with Gasteiger partial charge in [-0.3, -0.25) is 9.59 Å². The van der Waals surface area contributed by atoms with Gasteiger partial charge in [0.2, 0.25) is 0 Å². The Balaban J connectivity index is 1.33. The zero-order chi connectivity index (χ0) is 25.2. The number of hydrogen-bond donors (Lipinski definition) is 2. The monoisotopic (exact) mass is 500 g/mol. The van der Waals surface area contributed by atoms with E-state index in [9.17, 15) is 14.0 Å². The number of piperazine rings is 1. The molecule has 0 aliphatic carbocycles. The molecule has 1 N–H and O–H groups in total. The summed E-state index contributed by atoms with van der Waals surface area (Å²) in [6.45, 7) is 1.93. The number of hydrogen-bond acceptors (Lipinski definition) is 7. The van der Waals surface area contributed by atoms with E-state index in [1.54, 1.807) is 47.4 Å². The zero-order valence-corrected chi connectivity index (χ0v) is 20.0. The summed E-state index contributed by atoms with van der Waals surface area (Å²) in [5.74, 6) is -0.227. The fraction of sp³-hybridized carbons (Fsp3) is 0.192. The number of nitrogens with zero attached hydrogens (tertiary/aromatic N) is 5. The van der Waals surface area contributed by atoms with Crippen LogP contribution in [0.5, 0.6) is 0 Å². The summed E-state index contributed by atoms with van der Waals surface area (Å²) >= 11 is 4.36. The highest BCUT2D eigenvalue weighted by Crippen LogP contribution is 2.22. The van der Waals surface area contributed by atoms with Gasteiger partial charge in [0, 0.05) is 49.1 Å². The van der Waals surface area contributed by atoms with Crippen molar-refractivity contribution in [2.75, 3.05) is 31.1 Å². The Bertz CT molecular complexity index is 1560. The van der Waals surface area contributed by atoms with Crippen LogP contribution in [0.1, 0.15) is 27.2 Å².